The van der Waals surface area contributed by atoms with Gasteiger partial charge in [0.1, 0.15) is 12.1 Å². The van der Waals surface area contributed by atoms with E-state index in [-0.39, 0.29) is 0 Å². The molecule has 2 heterocycles. The fourth-order valence-electron chi connectivity index (χ4n) is 1.68. The molecular formula is C11H9BrClN3O. The van der Waals surface area contributed by atoms with Crippen LogP contribution in [0.15, 0.2) is 22.9 Å². The molecule has 3 rings (SSSR count). The van der Waals surface area contributed by atoms with Crippen molar-refractivity contribution in [2.45, 2.75) is 6.04 Å². The van der Waals surface area contributed by atoms with Crippen molar-refractivity contribution in [1.29, 1.82) is 0 Å². The summed E-state index contributed by atoms with van der Waals surface area (Å²) in [6, 6.07) is 4.08. The van der Waals surface area contributed by atoms with Gasteiger partial charge >= 0.3 is 0 Å². The number of halogens is 2. The molecule has 4 nitrogen and oxygen atoms in total. The van der Waals surface area contributed by atoms with Crippen molar-refractivity contribution < 1.29 is 4.74 Å². The van der Waals surface area contributed by atoms with E-state index in [1.165, 1.54) is 0 Å². The average molecular weight is 315 g/mol. The van der Waals surface area contributed by atoms with Crippen LogP contribution in [0.25, 0.3) is 10.9 Å². The quantitative estimate of drug-likeness (QED) is 0.926. The fraction of sp³-hybridized carbons (Fsp3) is 0.273. The van der Waals surface area contributed by atoms with Crippen molar-refractivity contribution in [2.24, 2.45) is 0 Å². The van der Waals surface area contributed by atoms with Crippen LogP contribution in [0.1, 0.15) is 0 Å². The lowest BCUT2D eigenvalue weighted by Crippen LogP contribution is -2.40. The summed E-state index contributed by atoms with van der Waals surface area (Å²) < 4.78 is 5.96. The number of aromatic nitrogens is 2. The minimum Gasteiger partial charge on any atom is -0.377 e. The van der Waals surface area contributed by atoms with Gasteiger partial charge in [-0.1, -0.05) is 11.6 Å². The summed E-state index contributed by atoms with van der Waals surface area (Å²) in [5.74, 6) is 0.803. The van der Waals surface area contributed by atoms with Crippen LogP contribution in [0.5, 0.6) is 0 Å². The lowest BCUT2D eigenvalue weighted by Gasteiger charge is -2.27. The van der Waals surface area contributed by atoms with Gasteiger partial charge in [-0.2, -0.15) is 0 Å². The van der Waals surface area contributed by atoms with E-state index in [9.17, 15) is 0 Å². The Hall–Kier alpha value is -0.910. The molecule has 0 spiro atoms. The molecule has 1 aliphatic heterocycles. The van der Waals surface area contributed by atoms with Crippen molar-refractivity contribution in [3.8, 4) is 0 Å². The number of hydrogen-bond acceptors (Lipinski definition) is 4. The van der Waals surface area contributed by atoms with E-state index < -0.39 is 0 Å². The molecular weight excluding hydrogens is 305 g/mol. The Morgan fingerprint density at radius 1 is 1.35 bits per heavy atom. The summed E-state index contributed by atoms with van der Waals surface area (Å²) in [5, 5.41) is 4.89. The molecule has 0 atom stereocenters. The molecule has 0 aliphatic carbocycles. The molecule has 17 heavy (non-hydrogen) atoms. The van der Waals surface area contributed by atoms with Crippen LogP contribution in [-0.4, -0.2) is 29.2 Å². The second-order valence-corrected chi connectivity index (χ2v) is 5.15. The van der Waals surface area contributed by atoms with Crippen LogP contribution < -0.4 is 5.32 Å². The third kappa shape index (κ3) is 2.10. The first-order valence-corrected chi connectivity index (χ1v) is 6.35. The maximum atomic E-state index is 6.09. The number of rotatable bonds is 2. The predicted molar refractivity (Wildman–Crippen MR) is 70.5 cm³/mol. The number of anilines is 1. The van der Waals surface area contributed by atoms with E-state index in [0.717, 1.165) is 34.4 Å². The Morgan fingerprint density at radius 3 is 2.88 bits per heavy atom. The minimum atomic E-state index is 0.329. The molecule has 0 radical (unpaired) electrons. The van der Waals surface area contributed by atoms with Crippen LogP contribution in [0, 0.1) is 0 Å². The van der Waals surface area contributed by atoms with Gasteiger partial charge in [-0.25, -0.2) is 9.97 Å². The number of hydrogen-bond donors (Lipinski definition) is 1. The van der Waals surface area contributed by atoms with E-state index in [4.69, 9.17) is 16.3 Å². The topological polar surface area (TPSA) is 47.0 Å². The fourth-order valence-corrected chi connectivity index (χ4v) is 2.17. The number of benzene rings is 1. The van der Waals surface area contributed by atoms with E-state index in [0.29, 0.717) is 11.1 Å². The zero-order valence-corrected chi connectivity index (χ0v) is 11.1. The van der Waals surface area contributed by atoms with Gasteiger partial charge in [0.15, 0.2) is 0 Å². The minimum absolute atomic E-state index is 0.329. The van der Waals surface area contributed by atoms with Crippen LogP contribution >= 0.6 is 27.5 Å². The third-order valence-corrected chi connectivity index (χ3v) is 3.85. The molecule has 2 aromatic rings. The van der Waals surface area contributed by atoms with Gasteiger partial charge < -0.3 is 10.1 Å². The summed E-state index contributed by atoms with van der Waals surface area (Å²) >= 11 is 9.47. The molecule has 1 aliphatic rings. The first kappa shape index (κ1) is 11.2. The molecule has 1 N–H and O–H groups in total. The van der Waals surface area contributed by atoms with Crippen LogP contribution in [0.2, 0.25) is 5.02 Å². The Kier molecular flexibility index (Phi) is 2.90. The van der Waals surface area contributed by atoms with Crippen molar-refractivity contribution >= 4 is 44.3 Å². The highest BCUT2D eigenvalue weighted by atomic mass is 79.9. The van der Waals surface area contributed by atoms with Gasteiger partial charge in [0, 0.05) is 9.86 Å². The van der Waals surface area contributed by atoms with Crippen molar-refractivity contribution in [3.05, 3.63) is 28.0 Å². The van der Waals surface area contributed by atoms with E-state index in [1.54, 1.807) is 6.33 Å². The van der Waals surface area contributed by atoms with Gasteiger partial charge in [-0.3, -0.25) is 0 Å². The highest BCUT2D eigenvalue weighted by molar-refractivity contribution is 9.10. The van der Waals surface area contributed by atoms with Crippen molar-refractivity contribution in [1.82, 2.24) is 9.97 Å². The highest BCUT2D eigenvalue weighted by Gasteiger charge is 2.19. The second-order valence-electron chi connectivity index (χ2n) is 3.88. The SMILES string of the molecule is Clc1cc2c(NC3COC3)ncnc2cc1Br. The number of nitrogens with zero attached hydrogens (tertiary/aromatic N) is 2. The van der Waals surface area contributed by atoms with Gasteiger partial charge in [0.25, 0.3) is 0 Å². The van der Waals surface area contributed by atoms with Crippen molar-refractivity contribution in [3.63, 3.8) is 0 Å². The summed E-state index contributed by atoms with van der Waals surface area (Å²) in [6.07, 6.45) is 1.55. The molecule has 1 fully saturated rings. The second kappa shape index (κ2) is 4.40. The molecule has 0 amide bonds. The van der Waals surface area contributed by atoms with Gasteiger partial charge in [0.2, 0.25) is 0 Å². The molecule has 0 bridgehead atoms. The Morgan fingerprint density at radius 2 is 2.18 bits per heavy atom. The molecule has 0 unspecified atom stereocenters. The molecule has 1 saturated heterocycles. The standard InChI is InChI=1S/C11H9BrClN3O/c12-8-2-10-7(1-9(8)13)11(15-5-14-10)16-6-3-17-4-6/h1-2,5-6H,3-4H2,(H,14,15,16). The van der Waals surface area contributed by atoms with E-state index >= 15 is 0 Å². The molecule has 1 aromatic heterocycles. The van der Waals surface area contributed by atoms with E-state index in [1.807, 2.05) is 12.1 Å². The first-order chi connectivity index (χ1) is 8.24. The lowest BCUT2D eigenvalue weighted by atomic mass is 10.2. The zero-order chi connectivity index (χ0) is 11.8. The van der Waals surface area contributed by atoms with Gasteiger partial charge in [-0.05, 0) is 28.1 Å². The molecule has 0 saturated carbocycles. The Balaban J connectivity index is 2.07. The maximum Gasteiger partial charge on any atom is 0.137 e. The monoisotopic (exact) mass is 313 g/mol. The van der Waals surface area contributed by atoms with Gasteiger partial charge in [-0.15, -0.1) is 0 Å². The van der Waals surface area contributed by atoms with Crippen LogP contribution in [-0.2, 0) is 4.74 Å². The summed E-state index contributed by atoms with van der Waals surface area (Å²) in [6.45, 7) is 1.44. The molecule has 6 heteroatoms. The predicted octanol–water partition coefficient (Wildman–Crippen LogP) is 2.86. The summed E-state index contributed by atoms with van der Waals surface area (Å²) in [4.78, 5) is 8.47. The van der Waals surface area contributed by atoms with Crippen LogP contribution in [0.4, 0.5) is 5.82 Å². The first-order valence-electron chi connectivity index (χ1n) is 5.18. The third-order valence-electron chi connectivity index (χ3n) is 2.66. The Bertz CT molecular complexity index is 574. The number of nitrogens with one attached hydrogen (secondary N) is 1. The Labute approximate surface area is 111 Å². The maximum absolute atomic E-state index is 6.09. The largest absolute Gasteiger partial charge is 0.377 e. The molecule has 1 aromatic carbocycles. The zero-order valence-electron chi connectivity index (χ0n) is 8.78. The number of ether oxygens (including phenoxy) is 1. The van der Waals surface area contributed by atoms with Crippen LogP contribution in [0.3, 0.4) is 0 Å². The normalized spacial score (nSPS) is 15.9. The van der Waals surface area contributed by atoms with Crippen molar-refractivity contribution in [2.75, 3.05) is 18.5 Å². The smallest absolute Gasteiger partial charge is 0.137 e. The molecule has 88 valence electrons. The summed E-state index contributed by atoms with van der Waals surface area (Å²) in [5.41, 5.74) is 0.860. The summed E-state index contributed by atoms with van der Waals surface area (Å²) in [7, 11) is 0. The number of fused-ring (bicyclic) bond motifs is 1. The lowest BCUT2D eigenvalue weighted by molar-refractivity contribution is 0.0210. The van der Waals surface area contributed by atoms with Gasteiger partial charge in [0.05, 0.1) is 29.8 Å². The van der Waals surface area contributed by atoms with E-state index in [2.05, 4.69) is 31.2 Å². The average Bonchev–Trinajstić information content (AvgIpc) is 2.25. The highest BCUT2D eigenvalue weighted by Crippen LogP contribution is 2.30.